The molecule has 0 rings (SSSR count). The lowest BCUT2D eigenvalue weighted by atomic mass is 10.1. The van der Waals surface area contributed by atoms with E-state index in [9.17, 15) is 14.4 Å². The number of rotatable bonds is 56. The van der Waals surface area contributed by atoms with Crippen molar-refractivity contribution in [3.63, 3.8) is 0 Å². The fraction of sp³-hybridized carbons (Fsp3) is 0.671. The van der Waals surface area contributed by atoms with Crippen molar-refractivity contribution < 1.29 is 28.6 Å². The van der Waals surface area contributed by atoms with Crippen LogP contribution in [-0.4, -0.2) is 37.2 Å². The molecule has 0 radical (unpaired) electrons. The van der Waals surface area contributed by atoms with E-state index in [1.165, 1.54) is 109 Å². The Labute approximate surface area is 469 Å². The van der Waals surface area contributed by atoms with Crippen molar-refractivity contribution in [2.75, 3.05) is 13.2 Å². The maximum atomic E-state index is 12.8. The summed E-state index contributed by atoms with van der Waals surface area (Å²) in [6.07, 6.45) is 87.9. The van der Waals surface area contributed by atoms with E-state index in [1.807, 2.05) is 0 Å². The highest BCUT2D eigenvalue weighted by Crippen LogP contribution is 2.15. The highest BCUT2D eigenvalue weighted by molar-refractivity contribution is 5.71. The number of unbranched alkanes of at least 4 members (excludes halogenated alkanes) is 25. The van der Waals surface area contributed by atoms with Gasteiger partial charge in [0.1, 0.15) is 13.2 Å². The van der Waals surface area contributed by atoms with Crippen molar-refractivity contribution in [3.05, 3.63) is 122 Å². The fourth-order valence-corrected chi connectivity index (χ4v) is 8.49. The third-order valence-corrected chi connectivity index (χ3v) is 13.2. The molecule has 0 spiro atoms. The number of hydrogen-bond donors (Lipinski definition) is 0. The van der Waals surface area contributed by atoms with E-state index in [0.717, 1.165) is 135 Å². The van der Waals surface area contributed by atoms with E-state index in [-0.39, 0.29) is 31.1 Å². The molecule has 0 aromatic heterocycles. The molecule has 0 heterocycles. The molecule has 76 heavy (non-hydrogen) atoms. The minimum Gasteiger partial charge on any atom is -0.462 e. The average Bonchev–Trinajstić information content (AvgIpc) is 3.42. The minimum atomic E-state index is -0.786. The lowest BCUT2D eigenvalue weighted by molar-refractivity contribution is -0.167. The number of esters is 3. The van der Waals surface area contributed by atoms with Gasteiger partial charge in [-0.15, -0.1) is 0 Å². The number of ether oxygens (including phenoxy) is 3. The molecule has 0 saturated heterocycles. The number of hydrogen-bond acceptors (Lipinski definition) is 6. The molecule has 0 bridgehead atoms. The average molecular weight is 1050 g/mol. The first-order valence-corrected chi connectivity index (χ1v) is 31.5. The second kappa shape index (κ2) is 63.3. The van der Waals surface area contributed by atoms with E-state index in [4.69, 9.17) is 14.2 Å². The van der Waals surface area contributed by atoms with Gasteiger partial charge < -0.3 is 14.2 Å². The van der Waals surface area contributed by atoms with Crippen molar-refractivity contribution in [2.24, 2.45) is 0 Å². The van der Waals surface area contributed by atoms with Crippen LogP contribution in [0.1, 0.15) is 284 Å². The largest absolute Gasteiger partial charge is 0.462 e. The van der Waals surface area contributed by atoms with E-state index < -0.39 is 6.10 Å². The van der Waals surface area contributed by atoms with E-state index in [0.29, 0.717) is 19.3 Å². The lowest BCUT2D eigenvalue weighted by Gasteiger charge is -2.18. The highest BCUT2D eigenvalue weighted by atomic mass is 16.6. The normalized spacial score (nSPS) is 12.9. The van der Waals surface area contributed by atoms with Crippen LogP contribution in [0.5, 0.6) is 0 Å². The summed E-state index contributed by atoms with van der Waals surface area (Å²) in [5.74, 6) is -0.905. The number of carbonyl (C=O) groups excluding carboxylic acids is 3. The summed E-state index contributed by atoms with van der Waals surface area (Å²) in [7, 11) is 0. The fourth-order valence-electron chi connectivity index (χ4n) is 8.49. The Hall–Kier alpha value is -4.19. The van der Waals surface area contributed by atoms with Gasteiger partial charge in [-0.2, -0.15) is 0 Å². The predicted octanol–water partition coefficient (Wildman–Crippen LogP) is 21.6. The van der Waals surface area contributed by atoms with Gasteiger partial charge in [-0.1, -0.05) is 271 Å². The standard InChI is InChI=1S/C70H116O6/c1-4-7-10-13-16-19-21-23-25-26-27-28-29-30-31-32-33-34-35-36-37-38-39-40-41-42-43-44-46-47-49-51-54-57-60-63-69(72)75-66-67(65-74-68(71)62-59-56-53-18-15-12-9-6-3)76-70(73)64-61-58-55-52-50-48-45-24-22-20-17-14-11-8-5-2/h7,10,16-17,19-20,23-25,27-28,30-31,33-34,36-37,39-40,45,67H,4-6,8-9,11-15,18,21-22,26,29,32,35,38,41-44,46-66H2,1-3H3/b10-7-,19-16-,20-17-,25-23-,28-27-,31-30-,34-33-,37-36-,40-39-,45-24-. The van der Waals surface area contributed by atoms with Crippen LogP contribution in [0, 0.1) is 0 Å². The van der Waals surface area contributed by atoms with Gasteiger partial charge in [0.2, 0.25) is 0 Å². The van der Waals surface area contributed by atoms with Crippen molar-refractivity contribution in [3.8, 4) is 0 Å². The van der Waals surface area contributed by atoms with Crippen molar-refractivity contribution in [2.45, 2.75) is 290 Å². The molecule has 432 valence electrons. The Kier molecular flexibility index (Phi) is 59.9. The van der Waals surface area contributed by atoms with E-state index in [1.54, 1.807) is 0 Å². The van der Waals surface area contributed by atoms with Gasteiger partial charge in [0.05, 0.1) is 0 Å². The molecular weight excluding hydrogens is 937 g/mol. The van der Waals surface area contributed by atoms with Gasteiger partial charge in [0.15, 0.2) is 6.10 Å². The van der Waals surface area contributed by atoms with Crippen molar-refractivity contribution >= 4 is 17.9 Å². The Morgan fingerprint density at radius 2 is 0.513 bits per heavy atom. The molecule has 0 aromatic rings. The molecular formula is C70H116O6. The SMILES string of the molecule is CC/C=C\C/C=C\C/C=C\C/C=C\C/C=C\C/C=C\C/C=C\C/C=C\CCCCCCCCCCCCC(=O)OCC(COC(=O)CCCCCCCCCC)OC(=O)CCCCCCC/C=C\C/C=C\CCCCC. The van der Waals surface area contributed by atoms with Crippen LogP contribution in [0.25, 0.3) is 0 Å². The summed E-state index contributed by atoms with van der Waals surface area (Å²) >= 11 is 0. The van der Waals surface area contributed by atoms with E-state index >= 15 is 0 Å². The third kappa shape index (κ3) is 60.7. The van der Waals surface area contributed by atoms with Crippen LogP contribution in [0.2, 0.25) is 0 Å². The Bertz CT molecular complexity index is 1590. The second-order valence-electron chi connectivity index (χ2n) is 20.6. The molecule has 6 nitrogen and oxygen atoms in total. The molecule has 0 aromatic carbocycles. The van der Waals surface area contributed by atoms with Gasteiger partial charge in [-0.05, 0) is 116 Å². The molecule has 0 aliphatic rings. The molecule has 0 saturated carbocycles. The third-order valence-electron chi connectivity index (χ3n) is 13.2. The molecule has 0 aliphatic heterocycles. The Balaban J connectivity index is 4.13. The number of carbonyl (C=O) groups is 3. The zero-order valence-corrected chi connectivity index (χ0v) is 49.5. The monoisotopic (exact) mass is 1050 g/mol. The quantitative estimate of drug-likeness (QED) is 0.0261. The lowest BCUT2D eigenvalue weighted by Crippen LogP contribution is -2.30. The zero-order chi connectivity index (χ0) is 55.0. The summed E-state index contributed by atoms with van der Waals surface area (Å²) in [6.45, 7) is 6.46. The van der Waals surface area contributed by atoms with Crippen LogP contribution in [0.15, 0.2) is 122 Å². The molecule has 1 atom stereocenters. The van der Waals surface area contributed by atoms with Crippen molar-refractivity contribution in [1.82, 2.24) is 0 Å². The predicted molar refractivity (Wildman–Crippen MR) is 330 cm³/mol. The van der Waals surface area contributed by atoms with Crippen LogP contribution >= 0.6 is 0 Å². The van der Waals surface area contributed by atoms with Gasteiger partial charge >= 0.3 is 17.9 Å². The van der Waals surface area contributed by atoms with Crippen LogP contribution in [0.4, 0.5) is 0 Å². The molecule has 0 fully saturated rings. The molecule has 1 unspecified atom stereocenters. The van der Waals surface area contributed by atoms with Gasteiger partial charge in [0.25, 0.3) is 0 Å². The Morgan fingerprint density at radius 3 is 0.829 bits per heavy atom. The highest BCUT2D eigenvalue weighted by Gasteiger charge is 2.19. The van der Waals surface area contributed by atoms with Crippen LogP contribution < -0.4 is 0 Å². The minimum absolute atomic E-state index is 0.0841. The molecule has 0 aliphatic carbocycles. The second-order valence-corrected chi connectivity index (χ2v) is 20.6. The van der Waals surface area contributed by atoms with Gasteiger partial charge in [-0.3, -0.25) is 14.4 Å². The summed E-state index contributed by atoms with van der Waals surface area (Å²) < 4.78 is 16.8. The van der Waals surface area contributed by atoms with Gasteiger partial charge in [0, 0.05) is 19.3 Å². The number of allylic oxidation sites excluding steroid dienone is 20. The van der Waals surface area contributed by atoms with E-state index in [2.05, 4.69) is 142 Å². The first kappa shape index (κ1) is 71.8. The summed E-state index contributed by atoms with van der Waals surface area (Å²) in [5.41, 5.74) is 0. The van der Waals surface area contributed by atoms with Gasteiger partial charge in [-0.25, -0.2) is 0 Å². The topological polar surface area (TPSA) is 78.9 Å². The first-order valence-electron chi connectivity index (χ1n) is 31.5. The van der Waals surface area contributed by atoms with Crippen LogP contribution in [-0.2, 0) is 28.6 Å². The smallest absolute Gasteiger partial charge is 0.306 e. The Morgan fingerprint density at radius 1 is 0.276 bits per heavy atom. The maximum absolute atomic E-state index is 12.8. The molecule has 6 heteroatoms. The maximum Gasteiger partial charge on any atom is 0.306 e. The molecule has 0 N–H and O–H groups in total. The first-order chi connectivity index (χ1) is 37.5. The van der Waals surface area contributed by atoms with Crippen LogP contribution in [0.3, 0.4) is 0 Å². The van der Waals surface area contributed by atoms with Crippen molar-refractivity contribution in [1.29, 1.82) is 0 Å². The summed E-state index contributed by atoms with van der Waals surface area (Å²) in [5, 5.41) is 0. The summed E-state index contributed by atoms with van der Waals surface area (Å²) in [4.78, 5) is 38.0. The summed E-state index contributed by atoms with van der Waals surface area (Å²) in [6, 6.07) is 0. The molecule has 0 amide bonds. The zero-order valence-electron chi connectivity index (χ0n) is 49.5.